The van der Waals surface area contributed by atoms with Crippen LogP contribution >= 0.6 is 15.6 Å². The molecule has 0 aromatic carbocycles. The van der Waals surface area contributed by atoms with Gasteiger partial charge >= 0.3 is 39.5 Å². The van der Waals surface area contributed by atoms with Crippen molar-refractivity contribution in [2.45, 2.75) is 408 Å². The van der Waals surface area contributed by atoms with E-state index in [1.165, 1.54) is 186 Å². The average Bonchev–Trinajstić information content (AvgIpc) is 1.81. The van der Waals surface area contributed by atoms with Crippen molar-refractivity contribution in [1.82, 2.24) is 0 Å². The predicted molar refractivity (Wildman–Crippen MR) is 391 cm³/mol. The van der Waals surface area contributed by atoms with Crippen molar-refractivity contribution in [2.75, 3.05) is 39.6 Å². The minimum absolute atomic E-state index is 0.105. The molecular weight excluding hydrogens is 1260 g/mol. The topological polar surface area (TPSA) is 237 Å². The summed E-state index contributed by atoms with van der Waals surface area (Å²) in [5.41, 5.74) is 0. The van der Waals surface area contributed by atoms with Crippen molar-refractivity contribution >= 4 is 39.5 Å². The zero-order valence-electron chi connectivity index (χ0n) is 63.0. The Morgan fingerprint density at radius 3 is 0.740 bits per heavy atom. The van der Waals surface area contributed by atoms with Crippen LogP contribution in [0.4, 0.5) is 0 Å². The lowest BCUT2D eigenvalue weighted by Gasteiger charge is -2.21. The van der Waals surface area contributed by atoms with Gasteiger partial charge in [0.1, 0.15) is 19.3 Å². The SMILES string of the molecule is CCC(C)CCCCCCCCCCCCC(=O)OC[C@H](COP(=O)(O)OC[C@@H](O)COP(=O)(O)OC[C@@H](COC(=O)CCCCCCCCC(C)CC)OC(=O)CCCCCCCCCCCCC(C)CC)OC(=O)CCCCCCCCCCCCCCCCCC(C)C. The largest absolute Gasteiger partial charge is 0.472 e. The molecule has 0 radical (unpaired) electrons. The number of rotatable bonds is 74. The molecule has 0 bridgehead atoms. The van der Waals surface area contributed by atoms with E-state index in [-0.39, 0.29) is 25.7 Å². The molecule has 17 nitrogen and oxygen atoms in total. The van der Waals surface area contributed by atoms with Crippen molar-refractivity contribution < 1.29 is 80.2 Å². The number of esters is 4. The Morgan fingerprint density at radius 2 is 0.500 bits per heavy atom. The first-order chi connectivity index (χ1) is 46.2. The number of unbranched alkanes of at least 4 members (excludes halogenated alkanes) is 37. The summed E-state index contributed by atoms with van der Waals surface area (Å²) in [5, 5.41) is 10.6. The van der Waals surface area contributed by atoms with Crippen molar-refractivity contribution in [3.05, 3.63) is 0 Å². The predicted octanol–water partition coefficient (Wildman–Crippen LogP) is 22.4. The van der Waals surface area contributed by atoms with E-state index in [0.29, 0.717) is 25.7 Å². The minimum atomic E-state index is -4.96. The van der Waals surface area contributed by atoms with Gasteiger partial charge in [0, 0.05) is 25.7 Å². The van der Waals surface area contributed by atoms with Gasteiger partial charge in [-0.25, -0.2) is 9.13 Å². The van der Waals surface area contributed by atoms with E-state index in [1.807, 2.05) is 0 Å². The second-order valence-corrected chi connectivity index (χ2v) is 31.9. The van der Waals surface area contributed by atoms with Crippen LogP contribution in [0.15, 0.2) is 0 Å². The van der Waals surface area contributed by atoms with Gasteiger partial charge in [-0.05, 0) is 49.4 Å². The third kappa shape index (κ3) is 66.6. The molecule has 0 aromatic heterocycles. The highest BCUT2D eigenvalue weighted by molar-refractivity contribution is 7.47. The lowest BCUT2D eigenvalue weighted by molar-refractivity contribution is -0.161. The lowest BCUT2D eigenvalue weighted by Crippen LogP contribution is -2.30. The molecule has 0 aliphatic heterocycles. The third-order valence-electron chi connectivity index (χ3n) is 18.9. The van der Waals surface area contributed by atoms with Crippen molar-refractivity contribution in [3.8, 4) is 0 Å². The number of carbonyl (C=O) groups is 4. The highest BCUT2D eigenvalue weighted by atomic mass is 31.2. The molecule has 0 fully saturated rings. The second-order valence-electron chi connectivity index (χ2n) is 28.9. The van der Waals surface area contributed by atoms with Crippen LogP contribution in [0.25, 0.3) is 0 Å². The summed E-state index contributed by atoms with van der Waals surface area (Å²) in [6.45, 7) is 14.3. The molecule has 0 rings (SSSR count). The van der Waals surface area contributed by atoms with Gasteiger partial charge < -0.3 is 33.8 Å². The number of phosphoric ester groups is 2. The Hall–Kier alpha value is -1.94. The summed E-state index contributed by atoms with van der Waals surface area (Å²) in [4.78, 5) is 72.9. The summed E-state index contributed by atoms with van der Waals surface area (Å²) in [5.74, 6) is 1.03. The first kappa shape index (κ1) is 94.1. The Bertz CT molecular complexity index is 1890. The summed E-state index contributed by atoms with van der Waals surface area (Å²) >= 11 is 0. The van der Waals surface area contributed by atoms with Crippen LogP contribution in [0.3, 0.4) is 0 Å². The summed E-state index contributed by atoms with van der Waals surface area (Å²) in [6.07, 6.45) is 51.2. The highest BCUT2D eigenvalue weighted by Gasteiger charge is 2.30. The number of hydrogen-bond acceptors (Lipinski definition) is 15. The zero-order valence-corrected chi connectivity index (χ0v) is 64.8. The normalized spacial score (nSPS) is 15.0. The molecule has 0 amide bonds. The maximum absolute atomic E-state index is 13.1. The van der Waals surface area contributed by atoms with Crippen molar-refractivity contribution in [2.24, 2.45) is 23.7 Å². The number of phosphoric acid groups is 2. The number of aliphatic hydroxyl groups is 1. The molecule has 0 aliphatic rings. The van der Waals surface area contributed by atoms with Gasteiger partial charge in [-0.2, -0.15) is 0 Å². The first-order valence-corrected chi connectivity index (χ1v) is 42.8. The fraction of sp³-hybridized carbons (Fsp3) is 0.948. The van der Waals surface area contributed by atoms with Gasteiger partial charge in [-0.3, -0.25) is 37.3 Å². The summed E-state index contributed by atoms with van der Waals surface area (Å²) in [6, 6.07) is 0. The zero-order chi connectivity index (χ0) is 71.0. The van der Waals surface area contributed by atoms with Gasteiger partial charge in [-0.1, -0.05) is 338 Å². The van der Waals surface area contributed by atoms with E-state index in [0.717, 1.165) is 120 Å². The van der Waals surface area contributed by atoms with Gasteiger partial charge in [0.2, 0.25) is 0 Å². The third-order valence-corrected chi connectivity index (χ3v) is 20.8. The number of carbonyl (C=O) groups excluding carboxylic acids is 4. The molecule has 8 atom stereocenters. The molecule has 0 saturated carbocycles. The lowest BCUT2D eigenvalue weighted by atomic mass is 9.99. The van der Waals surface area contributed by atoms with Crippen LogP contribution in [-0.4, -0.2) is 96.7 Å². The standard InChI is InChI=1S/C77H150O17P2/c1-9-68(6)54-46-38-30-24-19-21-26-32-41-49-57-74(79)87-63-72(93-76(81)59-51-43-33-27-18-16-14-12-13-15-17-23-29-37-45-53-67(4)5)65-91-95(83,84)89-61-71(78)62-90-96(85,86)92-66-73(64-88-75(80)58-50-42-36-35-40-48-56-70(8)11-3)94-77(82)60-52-44-34-28-22-20-25-31-39-47-55-69(7)10-2/h67-73,78H,9-66H2,1-8H3,(H,83,84)(H,85,86)/t68?,69?,70?,71-,72-,73-/m1/s1. The Morgan fingerprint density at radius 1 is 0.292 bits per heavy atom. The second kappa shape index (κ2) is 66.3. The first-order valence-electron chi connectivity index (χ1n) is 39.8. The number of aliphatic hydroxyl groups excluding tert-OH is 1. The van der Waals surface area contributed by atoms with E-state index < -0.39 is 97.5 Å². The molecule has 0 saturated heterocycles. The van der Waals surface area contributed by atoms with Crippen LogP contribution in [0.1, 0.15) is 389 Å². The fourth-order valence-electron chi connectivity index (χ4n) is 11.6. The molecule has 0 spiro atoms. The van der Waals surface area contributed by atoms with Gasteiger partial charge in [0.05, 0.1) is 26.4 Å². The Labute approximate surface area is 588 Å². The molecule has 0 aromatic rings. The van der Waals surface area contributed by atoms with E-state index in [4.69, 9.17) is 37.0 Å². The minimum Gasteiger partial charge on any atom is -0.462 e. The molecule has 0 aliphatic carbocycles. The molecule has 0 heterocycles. The number of ether oxygens (including phenoxy) is 4. The maximum atomic E-state index is 13.1. The Kier molecular flexibility index (Phi) is 65.0. The molecular formula is C77H150O17P2. The number of hydrogen-bond donors (Lipinski definition) is 3. The average molecular weight is 1410 g/mol. The molecule has 19 heteroatoms. The van der Waals surface area contributed by atoms with E-state index in [1.54, 1.807) is 0 Å². The molecule has 570 valence electrons. The van der Waals surface area contributed by atoms with Gasteiger partial charge in [0.15, 0.2) is 12.2 Å². The smallest absolute Gasteiger partial charge is 0.462 e. The summed E-state index contributed by atoms with van der Waals surface area (Å²) < 4.78 is 68.6. The molecule has 5 unspecified atom stereocenters. The van der Waals surface area contributed by atoms with Crippen LogP contribution in [0.5, 0.6) is 0 Å². The molecule has 3 N–H and O–H groups in total. The van der Waals surface area contributed by atoms with Crippen molar-refractivity contribution in [3.63, 3.8) is 0 Å². The molecule has 96 heavy (non-hydrogen) atoms. The van der Waals surface area contributed by atoms with Gasteiger partial charge in [0.25, 0.3) is 0 Å². The fourth-order valence-corrected chi connectivity index (χ4v) is 13.2. The maximum Gasteiger partial charge on any atom is 0.472 e. The van der Waals surface area contributed by atoms with Crippen LogP contribution < -0.4 is 0 Å². The van der Waals surface area contributed by atoms with Crippen LogP contribution in [0.2, 0.25) is 0 Å². The van der Waals surface area contributed by atoms with Crippen molar-refractivity contribution in [1.29, 1.82) is 0 Å². The van der Waals surface area contributed by atoms with Crippen LogP contribution in [-0.2, 0) is 65.4 Å². The highest BCUT2D eigenvalue weighted by Crippen LogP contribution is 2.45. The summed E-state index contributed by atoms with van der Waals surface area (Å²) in [7, 11) is -9.92. The quantitative estimate of drug-likeness (QED) is 0.0222. The van der Waals surface area contributed by atoms with Crippen LogP contribution in [0, 0.1) is 23.7 Å². The Balaban J connectivity index is 5.26. The monoisotopic (exact) mass is 1410 g/mol. The van der Waals surface area contributed by atoms with E-state index >= 15 is 0 Å². The van der Waals surface area contributed by atoms with E-state index in [2.05, 4.69) is 55.4 Å². The van der Waals surface area contributed by atoms with E-state index in [9.17, 15) is 43.2 Å². The van der Waals surface area contributed by atoms with Gasteiger partial charge in [-0.15, -0.1) is 0 Å².